The van der Waals surface area contributed by atoms with E-state index in [0.717, 1.165) is 44.3 Å². The second-order valence-corrected chi connectivity index (χ2v) is 9.64. The van der Waals surface area contributed by atoms with Crippen LogP contribution in [0.4, 0.5) is 0 Å². The lowest BCUT2D eigenvalue weighted by molar-refractivity contribution is -0.142. The molecule has 2 heterocycles. The van der Waals surface area contributed by atoms with Crippen LogP contribution in [0.25, 0.3) is 0 Å². The summed E-state index contributed by atoms with van der Waals surface area (Å²) in [5.74, 6) is -0.377. The number of ketones is 1. The summed E-state index contributed by atoms with van der Waals surface area (Å²) in [4.78, 5) is 42.2. The molecule has 2 atom stereocenters. The van der Waals surface area contributed by atoms with Crippen LogP contribution in [0, 0.1) is 11.8 Å². The number of carboxylic acid groups (broad SMARTS) is 1. The third kappa shape index (κ3) is 5.62. The molecule has 1 aromatic rings. The van der Waals surface area contributed by atoms with Gasteiger partial charge >= 0.3 is 5.97 Å². The van der Waals surface area contributed by atoms with Gasteiger partial charge in [-0.15, -0.1) is 0 Å². The van der Waals surface area contributed by atoms with E-state index in [1.807, 2.05) is 4.90 Å². The topological polar surface area (TPSA) is 113 Å². The summed E-state index contributed by atoms with van der Waals surface area (Å²) in [6, 6.07) is 6.16. The van der Waals surface area contributed by atoms with E-state index < -0.39 is 12.0 Å². The molecule has 180 valence electrons. The highest BCUT2D eigenvalue weighted by molar-refractivity contribution is 5.92. The zero-order valence-electron chi connectivity index (χ0n) is 19.2. The van der Waals surface area contributed by atoms with Gasteiger partial charge in [-0.2, -0.15) is 0 Å². The minimum atomic E-state index is -0.988. The summed E-state index contributed by atoms with van der Waals surface area (Å²) in [5, 5.41) is 9.10. The van der Waals surface area contributed by atoms with E-state index in [-0.39, 0.29) is 35.6 Å². The third-order valence-corrected chi connectivity index (χ3v) is 7.60. The Morgan fingerprint density at radius 1 is 1.03 bits per heavy atom. The van der Waals surface area contributed by atoms with E-state index in [9.17, 15) is 14.4 Å². The molecule has 8 nitrogen and oxygen atoms in total. The van der Waals surface area contributed by atoms with E-state index in [4.69, 9.17) is 15.6 Å². The standard InChI is InChI=1S/C25H35N3O5/c26-15-18-3-5-19(6-4-18)24(30)28-16-21(27-9-11-33-12-10-27)14-22(28)23(29)13-17-1-7-20(8-2-17)25(31)32/h1-2,7-8,18-19,21-22H,3-6,9-16,26H2,(H,31,32)/t18?,19?,21-,22-/m0/s1. The predicted molar refractivity (Wildman–Crippen MR) is 123 cm³/mol. The van der Waals surface area contributed by atoms with Crippen molar-refractivity contribution in [1.82, 2.24) is 9.80 Å². The number of aromatic carboxylic acids is 1. The minimum absolute atomic E-state index is 0.0258. The molecule has 1 amide bonds. The molecule has 3 N–H and O–H groups in total. The van der Waals surface area contributed by atoms with Crippen LogP contribution in [0.1, 0.15) is 48.0 Å². The summed E-state index contributed by atoms with van der Waals surface area (Å²) in [5.41, 5.74) is 6.79. The number of carbonyl (C=O) groups excluding carboxylic acids is 2. The molecule has 3 fully saturated rings. The highest BCUT2D eigenvalue weighted by Gasteiger charge is 2.43. The van der Waals surface area contributed by atoms with Gasteiger partial charge < -0.3 is 20.5 Å². The van der Waals surface area contributed by atoms with Gasteiger partial charge in [0.2, 0.25) is 5.91 Å². The number of benzene rings is 1. The summed E-state index contributed by atoms with van der Waals surface area (Å²) < 4.78 is 5.49. The monoisotopic (exact) mass is 457 g/mol. The average molecular weight is 458 g/mol. The maximum atomic E-state index is 13.5. The van der Waals surface area contributed by atoms with Crippen molar-refractivity contribution in [3.63, 3.8) is 0 Å². The van der Waals surface area contributed by atoms with Crippen molar-refractivity contribution in [3.8, 4) is 0 Å². The molecule has 8 heteroatoms. The summed E-state index contributed by atoms with van der Waals surface area (Å²) >= 11 is 0. The van der Waals surface area contributed by atoms with Gasteiger partial charge in [-0.1, -0.05) is 12.1 Å². The molecule has 2 saturated heterocycles. The zero-order chi connectivity index (χ0) is 23.4. The first-order chi connectivity index (χ1) is 16.0. The van der Waals surface area contributed by atoms with Crippen molar-refractivity contribution < 1.29 is 24.2 Å². The predicted octanol–water partition coefficient (Wildman–Crippen LogP) is 1.56. The Morgan fingerprint density at radius 3 is 2.30 bits per heavy atom. The van der Waals surface area contributed by atoms with E-state index in [1.165, 1.54) is 12.1 Å². The van der Waals surface area contributed by atoms with Gasteiger partial charge in [0.15, 0.2) is 5.78 Å². The lowest BCUT2D eigenvalue weighted by atomic mass is 9.81. The third-order valence-electron chi connectivity index (χ3n) is 7.60. The number of Topliss-reactive ketones (excluding diaryl/α,β-unsaturated/α-hetero) is 1. The Labute approximate surface area is 195 Å². The molecule has 0 aromatic heterocycles. The van der Waals surface area contributed by atoms with Crippen LogP contribution in [0.5, 0.6) is 0 Å². The Morgan fingerprint density at radius 2 is 1.70 bits per heavy atom. The summed E-state index contributed by atoms with van der Waals surface area (Å²) in [7, 11) is 0. The summed E-state index contributed by atoms with van der Waals surface area (Å²) in [6.45, 7) is 4.28. The molecule has 3 aliphatic rings. The largest absolute Gasteiger partial charge is 0.478 e. The number of carbonyl (C=O) groups is 3. The maximum absolute atomic E-state index is 13.5. The lowest BCUT2D eigenvalue weighted by Crippen LogP contribution is -2.47. The van der Waals surface area contributed by atoms with Gasteiger partial charge in [0, 0.05) is 38.0 Å². The molecule has 0 spiro atoms. The SMILES string of the molecule is NCC1CCC(C(=O)N2C[C@@H](N3CCOCC3)C[C@H]2C(=O)Cc2ccc(C(=O)O)cc2)CC1. The first-order valence-electron chi connectivity index (χ1n) is 12.1. The molecule has 0 bridgehead atoms. The molecule has 1 aliphatic carbocycles. The first kappa shape index (κ1) is 23.9. The van der Waals surface area contributed by atoms with Crippen LogP contribution in [0.2, 0.25) is 0 Å². The molecular formula is C25H35N3O5. The molecule has 33 heavy (non-hydrogen) atoms. The van der Waals surface area contributed by atoms with E-state index >= 15 is 0 Å². The quantitative estimate of drug-likeness (QED) is 0.639. The van der Waals surface area contributed by atoms with E-state index in [1.54, 1.807) is 12.1 Å². The Balaban J connectivity index is 1.47. The van der Waals surface area contributed by atoms with Crippen LogP contribution in [-0.2, 0) is 20.7 Å². The minimum Gasteiger partial charge on any atom is -0.478 e. The van der Waals surface area contributed by atoms with Gasteiger partial charge in [-0.3, -0.25) is 14.5 Å². The van der Waals surface area contributed by atoms with Crippen LogP contribution in [-0.4, -0.2) is 84.0 Å². The van der Waals surface area contributed by atoms with E-state index in [0.29, 0.717) is 38.6 Å². The number of ether oxygens (including phenoxy) is 1. The number of morpholine rings is 1. The second-order valence-electron chi connectivity index (χ2n) is 9.64. The van der Waals surface area contributed by atoms with E-state index in [2.05, 4.69) is 4.90 Å². The fourth-order valence-corrected chi connectivity index (χ4v) is 5.53. The number of nitrogens with two attached hydrogens (primary N) is 1. The summed E-state index contributed by atoms with van der Waals surface area (Å²) in [6.07, 6.45) is 4.48. The number of carboxylic acids is 1. The van der Waals surface area contributed by atoms with Crippen molar-refractivity contribution in [1.29, 1.82) is 0 Å². The number of amides is 1. The van der Waals surface area contributed by atoms with Gasteiger partial charge in [-0.05, 0) is 62.3 Å². The molecule has 0 unspecified atom stereocenters. The van der Waals surface area contributed by atoms with Crippen LogP contribution < -0.4 is 5.73 Å². The second kappa shape index (κ2) is 10.8. The highest BCUT2D eigenvalue weighted by Crippen LogP contribution is 2.33. The van der Waals surface area contributed by atoms with Gasteiger partial charge in [0.1, 0.15) is 0 Å². The zero-order valence-corrected chi connectivity index (χ0v) is 19.2. The smallest absolute Gasteiger partial charge is 0.335 e. The molecule has 1 aromatic carbocycles. The number of rotatable bonds is 7. The highest BCUT2D eigenvalue weighted by atomic mass is 16.5. The Hall–Kier alpha value is -2.29. The molecule has 4 rings (SSSR count). The van der Waals surface area contributed by atoms with Crippen molar-refractivity contribution in [3.05, 3.63) is 35.4 Å². The lowest BCUT2D eigenvalue weighted by Gasteiger charge is -2.33. The van der Waals surface area contributed by atoms with Gasteiger partial charge in [0.25, 0.3) is 0 Å². The van der Waals surface area contributed by atoms with Crippen molar-refractivity contribution in [2.75, 3.05) is 39.4 Å². The van der Waals surface area contributed by atoms with Crippen molar-refractivity contribution >= 4 is 17.7 Å². The first-order valence-corrected chi connectivity index (χ1v) is 12.1. The number of hydrogen-bond acceptors (Lipinski definition) is 6. The fraction of sp³-hybridized carbons (Fsp3) is 0.640. The van der Waals surface area contributed by atoms with Crippen molar-refractivity contribution in [2.24, 2.45) is 17.6 Å². The van der Waals surface area contributed by atoms with Gasteiger partial charge in [-0.25, -0.2) is 4.79 Å². The number of nitrogens with zero attached hydrogens (tertiary/aromatic N) is 2. The Kier molecular flexibility index (Phi) is 7.78. The normalized spacial score (nSPS) is 28.6. The molecular weight excluding hydrogens is 422 g/mol. The number of hydrogen-bond donors (Lipinski definition) is 2. The average Bonchev–Trinajstić information content (AvgIpc) is 3.30. The molecule has 2 aliphatic heterocycles. The van der Waals surface area contributed by atoms with Crippen LogP contribution in [0.15, 0.2) is 24.3 Å². The van der Waals surface area contributed by atoms with Crippen LogP contribution >= 0.6 is 0 Å². The van der Waals surface area contributed by atoms with Crippen LogP contribution in [0.3, 0.4) is 0 Å². The maximum Gasteiger partial charge on any atom is 0.335 e. The Bertz CT molecular complexity index is 844. The van der Waals surface area contributed by atoms with Crippen molar-refractivity contribution in [2.45, 2.75) is 50.6 Å². The molecule has 0 radical (unpaired) electrons. The fourth-order valence-electron chi connectivity index (χ4n) is 5.53. The molecule has 1 saturated carbocycles. The number of likely N-dealkylation sites (tertiary alicyclic amines) is 1. The van der Waals surface area contributed by atoms with Gasteiger partial charge in [0.05, 0.1) is 24.8 Å².